The summed E-state index contributed by atoms with van der Waals surface area (Å²) in [5.41, 5.74) is 2.27. The van der Waals surface area contributed by atoms with Gasteiger partial charge in [0.15, 0.2) is 0 Å². The molecule has 5 nitrogen and oxygen atoms in total. The van der Waals surface area contributed by atoms with Gasteiger partial charge in [0.05, 0.1) is 18.8 Å². The highest BCUT2D eigenvalue weighted by Crippen LogP contribution is 2.30. The Labute approximate surface area is 146 Å². The zero-order chi connectivity index (χ0) is 17.1. The standard InChI is InChI=1S/C19H34N4O/c1-14-5-4-6-18(13-14)22-9-7-17(8-10-22)20-19-15(2)16(3)21-23(19)11-12-24/h14,17-18,20,24H,4-13H2,1-3H3. The van der Waals surface area contributed by atoms with E-state index >= 15 is 0 Å². The van der Waals surface area contributed by atoms with Crippen LogP contribution in [0.15, 0.2) is 0 Å². The van der Waals surface area contributed by atoms with Crippen molar-refractivity contribution in [2.24, 2.45) is 5.92 Å². The van der Waals surface area contributed by atoms with Crippen LogP contribution in [0, 0.1) is 19.8 Å². The van der Waals surface area contributed by atoms with Gasteiger partial charge in [-0.25, -0.2) is 4.68 Å². The van der Waals surface area contributed by atoms with Crippen molar-refractivity contribution in [2.75, 3.05) is 25.0 Å². The number of aliphatic hydroxyl groups is 1. The van der Waals surface area contributed by atoms with Gasteiger partial charge < -0.3 is 15.3 Å². The second kappa shape index (κ2) is 7.87. The van der Waals surface area contributed by atoms with Crippen LogP contribution in [-0.2, 0) is 6.54 Å². The smallest absolute Gasteiger partial charge is 0.127 e. The topological polar surface area (TPSA) is 53.3 Å². The van der Waals surface area contributed by atoms with Crippen molar-refractivity contribution in [1.82, 2.24) is 14.7 Å². The molecule has 2 N–H and O–H groups in total. The van der Waals surface area contributed by atoms with Gasteiger partial charge in [0.1, 0.15) is 5.82 Å². The molecule has 2 atom stereocenters. The van der Waals surface area contributed by atoms with Crippen LogP contribution < -0.4 is 5.32 Å². The fraction of sp³-hybridized carbons (Fsp3) is 0.842. The Morgan fingerprint density at radius 3 is 2.58 bits per heavy atom. The van der Waals surface area contributed by atoms with Crippen LogP contribution in [0.5, 0.6) is 0 Å². The van der Waals surface area contributed by atoms with E-state index in [1.165, 1.54) is 57.2 Å². The molecule has 0 bridgehead atoms. The van der Waals surface area contributed by atoms with Gasteiger partial charge in [-0.15, -0.1) is 0 Å². The van der Waals surface area contributed by atoms with E-state index in [4.69, 9.17) is 0 Å². The molecule has 2 heterocycles. The van der Waals surface area contributed by atoms with Crippen LogP contribution in [0.2, 0.25) is 0 Å². The lowest BCUT2D eigenvalue weighted by atomic mass is 9.85. The third kappa shape index (κ3) is 3.94. The Kier molecular flexibility index (Phi) is 5.82. The van der Waals surface area contributed by atoms with Crippen LogP contribution in [-0.4, -0.2) is 51.6 Å². The lowest BCUT2D eigenvalue weighted by Gasteiger charge is -2.41. The molecular weight excluding hydrogens is 300 g/mol. The number of piperidine rings is 1. The number of rotatable bonds is 5. The Hall–Kier alpha value is -1.07. The summed E-state index contributed by atoms with van der Waals surface area (Å²) >= 11 is 0. The first-order valence-electron chi connectivity index (χ1n) is 9.74. The predicted molar refractivity (Wildman–Crippen MR) is 98.4 cm³/mol. The Morgan fingerprint density at radius 1 is 1.17 bits per heavy atom. The fourth-order valence-corrected chi connectivity index (χ4v) is 4.45. The number of aliphatic hydroxyl groups excluding tert-OH is 1. The zero-order valence-electron chi connectivity index (χ0n) is 15.6. The molecule has 0 spiro atoms. The van der Waals surface area contributed by atoms with Gasteiger partial charge in [-0.2, -0.15) is 5.10 Å². The Bertz CT molecular complexity index is 534. The van der Waals surface area contributed by atoms with Crippen molar-refractivity contribution in [3.63, 3.8) is 0 Å². The lowest BCUT2D eigenvalue weighted by Crippen LogP contribution is -2.46. The van der Waals surface area contributed by atoms with Crippen molar-refractivity contribution in [1.29, 1.82) is 0 Å². The van der Waals surface area contributed by atoms with Gasteiger partial charge in [-0.1, -0.05) is 19.8 Å². The SMILES string of the molecule is Cc1nn(CCO)c(NC2CCN(C3CCCC(C)C3)CC2)c1C. The zero-order valence-corrected chi connectivity index (χ0v) is 15.6. The molecule has 0 radical (unpaired) electrons. The summed E-state index contributed by atoms with van der Waals surface area (Å²) in [5, 5.41) is 17.5. The molecule has 1 aromatic heterocycles. The summed E-state index contributed by atoms with van der Waals surface area (Å²) in [5.74, 6) is 2.00. The first-order valence-corrected chi connectivity index (χ1v) is 9.74. The highest BCUT2D eigenvalue weighted by atomic mass is 16.3. The number of nitrogens with zero attached hydrogens (tertiary/aromatic N) is 3. The predicted octanol–water partition coefficient (Wildman–Crippen LogP) is 2.95. The van der Waals surface area contributed by atoms with Gasteiger partial charge in [0, 0.05) is 30.7 Å². The molecule has 136 valence electrons. The summed E-state index contributed by atoms with van der Waals surface area (Å²) in [6, 6.07) is 1.34. The van der Waals surface area contributed by atoms with E-state index in [2.05, 4.69) is 29.2 Å². The number of aromatic nitrogens is 2. The third-order valence-corrected chi connectivity index (χ3v) is 6.03. The second-order valence-corrected chi connectivity index (χ2v) is 7.89. The molecule has 24 heavy (non-hydrogen) atoms. The van der Waals surface area contributed by atoms with Gasteiger partial charge in [-0.05, 0) is 45.4 Å². The largest absolute Gasteiger partial charge is 0.394 e. The monoisotopic (exact) mass is 334 g/mol. The van der Waals surface area contributed by atoms with Crippen LogP contribution in [0.1, 0.15) is 56.7 Å². The van der Waals surface area contributed by atoms with Gasteiger partial charge in [0.25, 0.3) is 0 Å². The molecule has 2 fully saturated rings. The average Bonchev–Trinajstić information content (AvgIpc) is 2.84. The van der Waals surface area contributed by atoms with Gasteiger partial charge >= 0.3 is 0 Å². The molecule has 1 aromatic rings. The van der Waals surface area contributed by atoms with Crippen molar-refractivity contribution < 1.29 is 5.11 Å². The molecule has 0 amide bonds. The molecule has 5 heteroatoms. The summed E-state index contributed by atoms with van der Waals surface area (Å²) in [6.07, 6.45) is 8.01. The van der Waals surface area contributed by atoms with Crippen LogP contribution in [0.3, 0.4) is 0 Å². The second-order valence-electron chi connectivity index (χ2n) is 7.89. The Balaban J connectivity index is 1.56. The van der Waals surface area contributed by atoms with E-state index in [1.54, 1.807) is 0 Å². The lowest BCUT2D eigenvalue weighted by molar-refractivity contribution is 0.109. The number of aryl methyl sites for hydroxylation is 1. The summed E-state index contributed by atoms with van der Waals surface area (Å²) < 4.78 is 1.93. The highest BCUT2D eigenvalue weighted by molar-refractivity contribution is 5.47. The van der Waals surface area contributed by atoms with E-state index in [0.29, 0.717) is 12.6 Å². The fourth-order valence-electron chi connectivity index (χ4n) is 4.45. The number of hydrogen-bond donors (Lipinski definition) is 2. The molecule has 2 aliphatic rings. The average molecular weight is 335 g/mol. The summed E-state index contributed by atoms with van der Waals surface area (Å²) in [6.45, 7) is 9.69. The maximum absolute atomic E-state index is 9.26. The Morgan fingerprint density at radius 2 is 1.92 bits per heavy atom. The van der Waals surface area contributed by atoms with E-state index < -0.39 is 0 Å². The molecule has 3 rings (SSSR count). The van der Waals surface area contributed by atoms with Crippen LogP contribution >= 0.6 is 0 Å². The van der Waals surface area contributed by atoms with E-state index in [1.807, 2.05) is 11.6 Å². The van der Waals surface area contributed by atoms with Crippen LogP contribution in [0.25, 0.3) is 0 Å². The normalized spacial score (nSPS) is 26.7. The van der Waals surface area contributed by atoms with Crippen LogP contribution in [0.4, 0.5) is 5.82 Å². The van der Waals surface area contributed by atoms with Gasteiger partial charge in [0.2, 0.25) is 0 Å². The molecule has 2 unspecified atom stereocenters. The van der Waals surface area contributed by atoms with E-state index in [-0.39, 0.29) is 6.61 Å². The first-order chi connectivity index (χ1) is 11.6. The quantitative estimate of drug-likeness (QED) is 0.869. The number of nitrogens with one attached hydrogen (secondary N) is 1. The van der Waals surface area contributed by atoms with Crippen molar-refractivity contribution >= 4 is 5.82 Å². The molecule has 0 aromatic carbocycles. The number of anilines is 1. The maximum Gasteiger partial charge on any atom is 0.127 e. The molecule has 1 aliphatic carbocycles. The maximum atomic E-state index is 9.26. The summed E-state index contributed by atoms with van der Waals surface area (Å²) in [4.78, 5) is 2.73. The van der Waals surface area contributed by atoms with Crippen molar-refractivity contribution in [3.8, 4) is 0 Å². The third-order valence-electron chi connectivity index (χ3n) is 6.03. The number of hydrogen-bond acceptors (Lipinski definition) is 4. The summed E-state index contributed by atoms with van der Waals surface area (Å²) in [7, 11) is 0. The molecule has 1 saturated heterocycles. The minimum Gasteiger partial charge on any atom is -0.394 e. The molecule has 1 saturated carbocycles. The molecular formula is C19H34N4O. The first kappa shape index (κ1) is 17.7. The minimum atomic E-state index is 0.132. The highest BCUT2D eigenvalue weighted by Gasteiger charge is 2.28. The number of likely N-dealkylation sites (tertiary alicyclic amines) is 1. The minimum absolute atomic E-state index is 0.132. The van der Waals surface area contributed by atoms with E-state index in [9.17, 15) is 5.11 Å². The molecule has 1 aliphatic heterocycles. The van der Waals surface area contributed by atoms with E-state index in [0.717, 1.165) is 23.5 Å². The van der Waals surface area contributed by atoms with Crippen molar-refractivity contribution in [2.45, 2.75) is 77.9 Å². The van der Waals surface area contributed by atoms with Crippen molar-refractivity contribution in [3.05, 3.63) is 11.3 Å². The van der Waals surface area contributed by atoms with Gasteiger partial charge in [-0.3, -0.25) is 0 Å².